The highest BCUT2D eigenvalue weighted by Gasteiger charge is 2.37. The molecule has 0 aromatic carbocycles. The average molecular weight is 159 g/mol. The molecular weight excluding hydrogens is 155 g/mol. The molecule has 2 heteroatoms. The largest absolute Gasteiger partial charge is 0.168 e. The summed E-state index contributed by atoms with van der Waals surface area (Å²) in [5, 5.41) is 0. The van der Waals surface area contributed by atoms with Gasteiger partial charge in [-0.3, -0.25) is 0 Å². The van der Waals surface area contributed by atoms with Crippen LogP contribution in [0.5, 0.6) is 0 Å². The van der Waals surface area contributed by atoms with Gasteiger partial charge in [-0.15, -0.1) is 0 Å². The van der Waals surface area contributed by atoms with Crippen LogP contribution in [0.25, 0.3) is 0 Å². The van der Waals surface area contributed by atoms with E-state index in [4.69, 9.17) is 23.2 Å². The molecule has 0 radical (unpaired) electrons. The molecule has 0 nitrogen and oxygen atoms in total. The maximum Gasteiger partial charge on any atom is 0.168 e. The highest BCUT2D eigenvalue weighted by molar-refractivity contribution is 6.53. The van der Waals surface area contributed by atoms with Gasteiger partial charge in [0.1, 0.15) is 0 Å². The first kappa shape index (κ1) is 5.57. The maximum atomic E-state index is 5.90. The molecule has 0 heterocycles. The van der Waals surface area contributed by atoms with Gasteiger partial charge >= 0.3 is 0 Å². The summed E-state index contributed by atoms with van der Waals surface area (Å²) in [6.45, 7) is 0. The number of rotatable bonds is 0. The molecule has 0 saturated carbocycles. The molecule has 0 aromatic rings. The van der Waals surface area contributed by atoms with Gasteiger partial charge in [-0.1, -0.05) is 47.5 Å². The first-order valence-electron chi connectivity index (χ1n) is 2.70. The second-order valence-corrected chi connectivity index (χ2v) is 3.48. The molecule has 46 valence electrons. The van der Waals surface area contributed by atoms with Gasteiger partial charge in [0.05, 0.1) is 0 Å². The smallest absolute Gasteiger partial charge is 0.0909 e. The third kappa shape index (κ3) is 0.552. The Morgan fingerprint density at radius 2 is 1.44 bits per heavy atom. The monoisotopic (exact) mass is 158 g/mol. The van der Waals surface area contributed by atoms with Crippen molar-refractivity contribution in [3.05, 3.63) is 35.5 Å². The highest BCUT2D eigenvalue weighted by atomic mass is 35.5. The second kappa shape index (κ2) is 1.44. The lowest BCUT2D eigenvalue weighted by Crippen LogP contribution is -2.08. The van der Waals surface area contributed by atoms with Crippen LogP contribution in [0.2, 0.25) is 0 Å². The second-order valence-electron chi connectivity index (χ2n) is 2.15. The average Bonchev–Trinajstić information content (AvgIpc) is 2.24. The molecule has 0 N–H and O–H groups in total. The van der Waals surface area contributed by atoms with Gasteiger partial charge in [-0.05, 0) is 11.1 Å². The molecule has 0 atom stereocenters. The molecule has 0 aliphatic heterocycles. The lowest BCUT2D eigenvalue weighted by Gasteiger charge is -2.10. The fraction of sp³-hybridized carbons (Fsp3) is 0.143. The van der Waals surface area contributed by atoms with Crippen molar-refractivity contribution in [3.8, 4) is 0 Å². The predicted octanol–water partition coefficient (Wildman–Crippen LogP) is 2.60. The minimum Gasteiger partial charge on any atom is -0.0909 e. The Morgan fingerprint density at radius 3 is 1.56 bits per heavy atom. The summed E-state index contributed by atoms with van der Waals surface area (Å²) in [6.07, 6.45) is 7.76. The fourth-order valence-electron chi connectivity index (χ4n) is 1.06. The predicted molar refractivity (Wildman–Crippen MR) is 39.7 cm³/mol. The van der Waals surface area contributed by atoms with Gasteiger partial charge in [-0.2, -0.15) is 0 Å². The number of allylic oxidation sites excluding steroid dienone is 6. The normalized spacial score (nSPS) is 26.4. The number of fused-ring (bicyclic) bond motifs is 2. The third-order valence-corrected chi connectivity index (χ3v) is 2.48. The molecule has 2 rings (SSSR count). The van der Waals surface area contributed by atoms with Gasteiger partial charge in [0, 0.05) is 0 Å². The van der Waals surface area contributed by atoms with Crippen LogP contribution in [0.1, 0.15) is 0 Å². The van der Waals surface area contributed by atoms with Crippen molar-refractivity contribution in [2.45, 2.75) is 4.33 Å². The number of hydrogen-bond donors (Lipinski definition) is 0. The lowest BCUT2D eigenvalue weighted by molar-refractivity contribution is 1.21. The SMILES string of the molecule is ClC1(Cl)C2=CC=C1C=C2. The van der Waals surface area contributed by atoms with E-state index < -0.39 is 4.33 Å². The van der Waals surface area contributed by atoms with Gasteiger partial charge in [0.2, 0.25) is 0 Å². The van der Waals surface area contributed by atoms with E-state index in [0.717, 1.165) is 11.1 Å². The molecular formula is C7H4Cl2. The maximum absolute atomic E-state index is 5.90. The van der Waals surface area contributed by atoms with Crippen LogP contribution >= 0.6 is 23.2 Å². The van der Waals surface area contributed by atoms with E-state index in [1.807, 2.05) is 24.3 Å². The summed E-state index contributed by atoms with van der Waals surface area (Å²) in [4.78, 5) is 0. The first-order valence-corrected chi connectivity index (χ1v) is 3.46. The van der Waals surface area contributed by atoms with Crippen LogP contribution in [0, 0.1) is 0 Å². The minimum atomic E-state index is -0.722. The summed E-state index contributed by atoms with van der Waals surface area (Å²) < 4.78 is -0.722. The van der Waals surface area contributed by atoms with Gasteiger partial charge in [-0.25, -0.2) is 0 Å². The van der Waals surface area contributed by atoms with Crippen LogP contribution in [-0.2, 0) is 0 Å². The Hall–Kier alpha value is -0.200. The summed E-state index contributed by atoms with van der Waals surface area (Å²) in [6, 6.07) is 0. The number of halogens is 2. The molecule has 2 aliphatic rings. The Bertz CT molecular complexity index is 220. The van der Waals surface area contributed by atoms with E-state index >= 15 is 0 Å². The quantitative estimate of drug-likeness (QED) is 0.476. The van der Waals surface area contributed by atoms with E-state index in [9.17, 15) is 0 Å². The van der Waals surface area contributed by atoms with E-state index in [-0.39, 0.29) is 0 Å². The highest BCUT2D eigenvalue weighted by Crippen LogP contribution is 2.47. The van der Waals surface area contributed by atoms with Crippen LogP contribution in [0.15, 0.2) is 35.5 Å². The Morgan fingerprint density at radius 1 is 1.00 bits per heavy atom. The van der Waals surface area contributed by atoms with Crippen molar-refractivity contribution in [2.75, 3.05) is 0 Å². The van der Waals surface area contributed by atoms with Crippen molar-refractivity contribution in [1.29, 1.82) is 0 Å². The zero-order valence-electron chi connectivity index (χ0n) is 4.57. The lowest BCUT2D eigenvalue weighted by atomic mass is 10.2. The summed E-state index contributed by atoms with van der Waals surface area (Å²) in [5.41, 5.74) is 1.97. The number of hydrogen-bond acceptors (Lipinski definition) is 0. The molecule has 0 amide bonds. The number of alkyl halides is 2. The summed E-state index contributed by atoms with van der Waals surface area (Å²) in [5.74, 6) is 0. The Labute approximate surface area is 63.5 Å². The molecule has 0 saturated heterocycles. The standard InChI is InChI=1S/C7H4Cl2/c8-7(9)5-1-2-6(7)4-3-5/h1-4H. The molecule has 0 spiro atoms. The zero-order chi connectivity index (χ0) is 6.48. The van der Waals surface area contributed by atoms with Crippen molar-refractivity contribution in [3.63, 3.8) is 0 Å². The molecule has 2 aliphatic carbocycles. The fourth-order valence-corrected chi connectivity index (χ4v) is 1.56. The van der Waals surface area contributed by atoms with Gasteiger partial charge in [0.25, 0.3) is 0 Å². The van der Waals surface area contributed by atoms with Crippen LogP contribution in [-0.4, -0.2) is 4.33 Å². The minimum absolute atomic E-state index is 0.722. The topological polar surface area (TPSA) is 0 Å². The Balaban J connectivity index is 2.61. The van der Waals surface area contributed by atoms with Gasteiger partial charge in [0.15, 0.2) is 4.33 Å². The molecule has 0 unspecified atom stereocenters. The van der Waals surface area contributed by atoms with E-state index in [1.165, 1.54) is 0 Å². The molecule has 2 bridgehead atoms. The van der Waals surface area contributed by atoms with E-state index in [2.05, 4.69) is 0 Å². The van der Waals surface area contributed by atoms with E-state index in [0.29, 0.717) is 0 Å². The van der Waals surface area contributed by atoms with Crippen molar-refractivity contribution in [1.82, 2.24) is 0 Å². The Kier molecular flexibility index (Phi) is 0.895. The van der Waals surface area contributed by atoms with E-state index in [1.54, 1.807) is 0 Å². The zero-order valence-corrected chi connectivity index (χ0v) is 6.08. The summed E-state index contributed by atoms with van der Waals surface area (Å²) >= 11 is 11.8. The van der Waals surface area contributed by atoms with Crippen molar-refractivity contribution in [2.24, 2.45) is 0 Å². The van der Waals surface area contributed by atoms with Crippen molar-refractivity contribution >= 4 is 23.2 Å². The first-order chi connectivity index (χ1) is 4.21. The van der Waals surface area contributed by atoms with Gasteiger partial charge < -0.3 is 0 Å². The van der Waals surface area contributed by atoms with Crippen LogP contribution in [0.4, 0.5) is 0 Å². The third-order valence-electron chi connectivity index (χ3n) is 1.61. The summed E-state index contributed by atoms with van der Waals surface area (Å²) in [7, 11) is 0. The molecule has 9 heavy (non-hydrogen) atoms. The van der Waals surface area contributed by atoms with Crippen LogP contribution < -0.4 is 0 Å². The molecule has 0 fully saturated rings. The molecule has 0 aromatic heterocycles. The van der Waals surface area contributed by atoms with Crippen molar-refractivity contribution < 1.29 is 0 Å². The van der Waals surface area contributed by atoms with Crippen LogP contribution in [0.3, 0.4) is 0 Å².